The number of fused-ring (bicyclic) bond motifs is 1. The summed E-state index contributed by atoms with van der Waals surface area (Å²) in [5.74, 6) is -0.00789. The van der Waals surface area contributed by atoms with Crippen molar-refractivity contribution >= 4 is 11.8 Å². The number of aryl methyl sites for hydroxylation is 1. The molecule has 0 unspecified atom stereocenters. The van der Waals surface area contributed by atoms with E-state index in [-0.39, 0.29) is 30.2 Å². The first-order valence-corrected chi connectivity index (χ1v) is 9.24. The number of aromatic nitrogens is 2. The molecule has 6 nitrogen and oxygen atoms in total. The van der Waals surface area contributed by atoms with Crippen LogP contribution < -0.4 is 0 Å². The van der Waals surface area contributed by atoms with E-state index in [1.54, 1.807) is 47.1 Å². The second-order valence-corrected chi connectivity index (χ2v) is 7.59. The van der Waals surface area contributed by atoms with Crippen molar-refractivity contribution in [2.24, 2.45) is 7.05 Å². The van der Waals surface area contributed by atoms with E-state index in [0.717, 1.165) is 0 Å². The van der Waals surface area contributed by atoms with Crippen molar-refractivity contribution in [2.45, 2.75) is 44.3 Å². The molecule has 2 fully saturated rings. The van der Waals surface area contributed by atoms with Crippen LogP contribution in [0.2, 0.25) is 0 Å². The van der Waals surface area contributed by atoms with Crippen LogP contribution in [0, 0.1) is 5.82 Å². The Labute approximate surface area is 157 Å². The van der Waals surface area contributed by atoms with Crippen LogP contribution in [-0.4, -0.2) is 49.3 Å². The number of hydrogen-bond donors (Lipinski definition) is 0. The van der Waals surface area contributed by atoms with Crippen molar-refractivity contribution in [3.63, 3.8) is 0 Å². The zero-order valence-electron chi connectivity index (χ0n) is 15.6. The molecule has 3 heterocycles. The van der Waals surface area contributed by atoms with E-state index >= 15 is 0 Å². The lowest BCUT2D eigenvalue weighted by Crippen LogP contribution is -2.60. The van der Waals surface area contributed by atoms with Crippen molar-refractivity contribution < 1.29 is 14.0 Å². The molecule has 2 aliphatic rings. The van der Waals surface area contributed by atoms with Gasteiger partial charge in [-0.25, -0.2) is 9.37 Å². The smallest absolute Gasteiger partial charge is 0.290 e. The number of halogens is 1. The Balaban J connectivity index is 1.63. The normalized spacial score (nSPS) is 25.0. The van der Waals surface area contributed by atoms with Gasteiger partial charge in [-0.1, -0.05) is 18.2 Å². The van der Waals surface area contributed by atoms with Gasteiger partial charge in [-0.05, 0) is 25.8 Å². The quantitative estimate of drug-likeness (QED) is 0.833. The Morgan fingerprint density at radius 1 is 1.37 bits per heavy atom. The molecule has 7 heteroatoms. The minimum absolute atomic E-state index is 0.0169. The Hall–Kier alpha value is -2.70. The fourth-order valence-corrected chi connectivity index (χ4v) is 4.48. The number of carbonyl (C=O) groups excluding carboxylic acids is 2. The van der Waals surface area contributed by atoms with Crippen LogP contribution in [0.1, 0.15) is 42.4 Å². The van der Waals surface area contributed by atoms with Gasteiger partial charge in [0.15, 0.2) is 5.82 Å². The number of rotatable bonds is 3. The summed E-state index contributed by atoms with van der Waals surface area (Å²) in [6.45, 7) is 2.80. The maximum atomic E-state index is 14.2. The highest BCUT2D eigenvalue weighted by atomic mass is 19.1. The number of likely N-dealkylation sites (tertiary alicyclic amines) is 2. The van der Waals surface area contributed by atoms with Crippen LogP contribution >= 0.6 is 0 Å². The summed E-state index contributed by atoms with van der Waals surface area (Å²) in [5.41, 5.74) is -0.0000645. The third-order valence-corrected chi connectivity index (χ3v) is 6.06. The average molecular weight is 370 g/mol. The van der Waals surface area contributed by atoms with E-state index in [0.29, 0.717) is 37.2 Å². The Morgan fingerprint density at radius 3 is 2.85 bits per heavy atom. The maximum Gasteiger partial charge on any atom is 0.290 e. The number of imidazole rings is 1. The second-order valence-electron chi connectivity index (χ2n) is 7.59. The molecule has 0 N–H and O–H groups in total. The minimum Gasteiger partial charge on any atom is -0.331 e. The van der Waals surface area contributed by atoms with Gasteiger partial charge in [-0.15, -0.1) is 0 Å². The molecule has 0 spiro atoms. The van der Waals surface area contributed by atoms with Crippen LogP contribution in [0.4, 0.5) is 4.39 Å². The molecule has 4 rings (SSSR count). The number of amides is 2. The van der Waals surface area contributed by atoms with Crippen molar-refractivity contribution in [3.05, 3.63) is 53.9 Å². The number of hydrogen-bond acceptors (Lipinski definition) is 3. The first-order chi connectivity index (χ1) is 12.9. The van der Waals surface area contributed by atoms with Crippen LogP contribution in [0.25, 0.3) is 0 Å². The minimum atomic E-state index is -0.502. The summed E-state index contributed by atoms with van der Waals surface area (Å²) in [4.78, 5) is 33.5. The SMILES string of the molecule is Cn1ccnc1C(=O)N1CC[C@@]2(C)[C@@H]1CCC(=O)N2Cc1ccccc1F. The zero-order chi connectivity index (χ0) is 19.2. The third-order valence-electron chi connectivity index (χ3n) is 6.06. The van der Waals surface area contributed by atoms with Gasteiger partial charge in [0, 0.05) is 44.5 Å². The first kappa shape index (κ1) is 17.7. The third kappa shape index (κ3) is 2.81. The lowest BCUT2D eigenvalue weighted by Gasteiger charge is -2.47. The molecule has 2 atom stereocenters. The monoisotopic (exact) mass is 370 g/mol. The zero-order valence-corrected chi connectivity index (χ0v) is 15.6. The van der Waals surface area contributed by atoms with Gasteiger partial charge >= 0.3 is 0 Å². The maximum absolute atomic E-state index is 14.2. The predicted octanol–water partition coefficient (Wildman–Crippen LogP) is 2.35. The highest BCUT2D eigenvalue weighted by Gasteiger charge is 2.53. The molecular weight excluding hydrogens is 347 g/mol. The summed E-state index contributed by atoms with van der Waals surface area (Å²) < 4.78 is 15.9. The lowest BCUT2D eigenvalue weighted by molar-refractivity contribution is -0.144. The van der Waals surface area contributed by atoms with E-state index < -0.39 is 5.54 Å². The molecule has 142 valence electrons. The Morgan fingerprint density at radius 2 is 2.15 bits per heavy atom. The summed E-state index contributed by atoms with van der Waals surface area (Å²) in [6.07, 6.45) is 5.01. The topological polar surface area (TPSA) is 58.4 Å². The molecule has 2 aliphatic heterocycles. The number of nitrogens with zero attached hydrogens (tertiary/aromatic N) is 4. The molecule has 27 heavy (non-hydrogen) atoms. The average Bonchev–Trinajstić information content (AvgIpc) is 3.22. The number of carbonyl (C=O) groups is 2. The number of benzene rings is 1. The Kier molecular flexibility index (Phi) is 4.25. The molecule has 0 saturated carbocycles. The lowest BCUT2D eigenvalue weighted by atomic mass is 9.83. The van der Waals surface area contributed by atoms with Crippen molar-refractivity contribution in [2.75, 3.05) is 6.54 Å². The van der Waals surface area contributed by atoms with Crippen LogP contribution in [-0.2, 0) is 18.4 Å². The molecule has 2 amide bonds. The largest absolute Gasteiger partial charge is 0.331 e. The molecule has 2 aromatic rings. The summed E-state index contributed by atoms with van der Waals surface area (Å²) in [7, 11) is 1.80. The fraction of sp³-hybridized carbons (Fsp3) is 0.450. The molecule has 1 aromatic carbocycles. The number of piperidine rings is 1. The van der Waals surface area contributed by atoms with Gasteiger partial charge in [-0.2, -0.15) is 0 Å². The van der Waals surface area contributed by atoms with Gasteiger partial charge in [0.1, 0.15) is 5.82 Å². The van der Waals surface area contributed by atoms with E-state index in [9.17, 15) is 14.0 Å². The fourth-order valence-electron chi connectivity index (χ4n) is 4.48. The van der Waals surface area contributed by atoms with E-state index in [4.69, 9.17) is 0 Å². The van der Waals surface area contributed by atoms with Gasteiger partial charge < -0.3 is 14.4 Å². The molecule has 1 aromatic heterocycles. The highest BCUT2D eigenvalue weighted by molar-refractivity contribution is 5.92. The van der Waals surface area contributed by atoms with E-state index in [1.807, 2.05) is 11.8 Å². The Bertz CT molecular complexity index is 896. The molecule has 0 bridgehead atoms. The van der Waals surface area contributed by atoms with Crippen molar-refractivity contribution in [3.8, 4) is 0 Å². The summed E-state index contributed by atoms with van der Waals surface area (Å²) >= 11 is 0. The second kappa shape index (κ2) is 6.48. The van der Waals surface area contributed by atoms with Gasteiger partial charge in [-0.3, -0.25) is 9.59 Å². The summed E-state index contributed by atoms with van der Waals surface area (Å²) in [5, 5.41) is 0. The molecule has 0 radical (unpaired) electrons. The standard InChI is InChI=1S/C20H23FN4O2/c1-20-9-11-24(19(27)18-22-10-12-23(18)2)16(20)7-8-17(26)25(20)13-14-5-3-4-6-15(14)21/h3-6,10,12,16H,7-9,11,13H2,1-2H3/t16-,20-/m0/s1. The van der Waals surface area contributed by atoms with Gasteiger partial charge in [0.05, 0.1) is 11.6 Å². The molecule has 2 saturated heterocycles. The first-order valence-electron chi connectivity index (χ1n) is 9.24. The van der Waals surface area contributed by atoms with Crippen molar-refractivity contribution in [1.29, 1.82) is 0 Å². The summed E-state index contributed by atoms with van der Waals surface area (Å²) in [6, 6.07) is 6.45. The van der Waals surface area contributed by atoms with E-state index in [2.05, 4.69) is 4.98 Å². The van der Waals surface area contributed by atoms with Crippen LogP contribution in [0.5, 0.6) is 0 Å². The molecule has 0 aliphatic carbocycles. The van der Waals surface area contributed by atoms with Gasteiger partial charge in [0.25, 0.3) is 5.91 Å². The van der Waals surface area contributed by atoms with Gasteiger partial charge in [0.2, 0.25) is 5.91 Å². The van der Waals surface area contributed by atoms with Crippen molar-refractivity contribution in [1.82, 2.24) is 19.4 Å². The highest BCUT2D eigenvalue weighted by Crippen LogP contribution is 2.41. The predicted molar refractivity (Wildman–Crippen MR) is 97.2 cm³/mol. The van der Waals surface area contributed by atoms with Crippen LogP contribution in [0.3, 0.4) is 0 Å². The van der Waals surface area contributed by atoms with Crippen LogP contribution in [0.15, 0.2) is 36.7 Å². The van der Waals surface area contributed by atoms with E-state index in [1.165, 1.54) is 6.07 Å². The molecular formula is C20H23FN4O2.